The highest BCUT2D eigenvalue weighted by Crippen LogP contribution is 2.32. The number of para-hydroxylation sites is 3. The molecule has 2 N–H and O–H groups in total. The zero-order valence-corrected chi connectivity index (χ0v) is 22.4. The number of amides is 2. The molecular weight excluding hydrogens is 514 g/mol. The number of aryl methyl sites for hydroxylation is 1. The van der Waals surface area contributed by atoms with Crippen LogP contribution in [-0.2, 0) is 21.4 Å². The Morgan fingerprint density at radius 2 is 1.46 bits per heavy atom. The predicted octanol–water partition coefficient (Wildman–Crippen LogP) is 4.77. The summed E-state index contributed by atoms with van der Waals surface area (Å²) in [5.74, 6) is -0.704. The third-order valence-corrected chi connectivity index (χ3v) is 7.77. The molecule has 39 heavy (non-hydrogen) atoms. The lowest BCUT2D eigenvalue weighted by molar-refractivity contribution is -0.114. The summed E-state index contributed by atoms with van der Waals surface area (Å²) >= 11 is 0. The molecule has 0 radical (unpaired) electrons. The summed E-state index contributed by atoms with van der Waals surface area (Å²) in [4.78, 5) is 26.3. The first-order valence-corrected chi connectivity index (χ1v) is 13.7. The molecule has 0 atom stereocenters. The zero-order chi connectivity index (χ0) is 27.8. The lowest BCUT2D eigenvalue weighted by Gasteiger charge is -2.26. The Morgan fingerprint density at radius 1 is 0.821 bits per heavy atom. The van der Waals surface area contributed by atoms with Crippen molar-refractivity contribution in [3.63, 3.8) is 0 Å². The molecule has 0 bridgehead atoms. The third kappa shape index (κ3) is 6.63. The van der Waals surface area contributed by atoms with Gasteiger partial charge in [0.15, 0.2) is 0 Å². The Morgan fingerprint density at radius 3 is 2.18 bits per heavy atom. The van der Waals surface area contributed by atoms with Gasteiger partial charge in [-0.15, -0.1) is 0 Å². The molecule has 4 rings (SSSR count). The van der Waals surface area contributed by atoms with Crippen molar-refractivity contribution in [1.82, 2.24) is 5.32 Å². The monoisotopic (exact) mass is 543 g/mol. The van der Waals surface area contributed by atoms with E-state index in [1.165, 1.54) is 19.2 Å². The molecule has 0 aliphatic rings. The number of sulfonamides is 1. The Balaban J connectivity index is 1.59. The van der Waals surface area contributed by atoms with Crippen molar-refractivity contribution >= 4 is 33.2 Å². The van der Waals surface area contributed by atoms with Crippen LogP contribution in [0.15, 0.2) is 108 Å². The Kier molecular flexibility index (Phi) is 8.63. The minimum Gasteiger partial charge on any atom is -0.495 e. The minimum atomic E-state index is -4.14. The molecule has 0 heterocycles. The highest BCUT2D eigenvalue weighted by molar-refractivity contribution is 7.92. The van der Waals surface area contributed by atoms with Gasteiger partial charge in [0.1, 0.15) is 12.3 Å². The molecule has 0 fully saturated rings. The number of nitrogens with zero attached hydrogens (tertiary/aromatic N) is 1. The van der Waals surface area contributed by atoms with E-state index in [9.17, 15) is 18.0 Å². The smallest absolute Gasteiger partial charge is 0.264 e. The second-order valence-corrected chi connectivity index (χ2v) is 10.6. The van der Waals surface area contributed by atoms with Gasteiger partial charge in [-0.1, -0.05) is 72.3 Å². The van der Waals surface area contributed by atoms with Gasteiger partial charge in [0.25, 0.3) is 15.9 Å². The molecule has 2 amide bonds. The van der Waals surface area contributed by atoms with Crippen molar-refractivity contribution in [2.24, 2.45) is 0 Å². The van der Waals surface area contributed by atoms with Crippen LogP contribution in [0.1, 0.15) is 21.5 Å². The number of hydrogen-bond acceptors (Lipinski definition) is 5. The van der Waals surface area contributed by atoms with Crippen molar-refractivity contribution in [2.75, 3.05) is 23.3 Å². The predicted molar refractivity (Wildman–Crippen MR) is 151 cm³/mol. The summed E-state index contributed by atoms with van der Waals surface area (Å²) in [5, 5.41) is 5.56. The Labute approximate surface area is 228 Å². The quantitative estimate of drug-likeness (QED) is 0.300. The average Bonchev–Trinajstić information content (AvgIpc) is 2.95. The topological polar surface area (TPSA) is 105 Å². The standard InChI is InChI=1S/C30H29N3O5S/c1-22-16-18-24(19-17-22)39(36,37)33(27-14-8-9-15-28(27)38-2)21-29(34)32-26-13-7-6-12-25(26)30(35)31-20-23-10-4-3-5-11-23/h3-19H,20-21H2,1-2H3,(H,31,35)(H,32,34). The fourth-order valence-corrected chi connectivity index (χ4v) is 5.39. The average molecular weight is 544 g/mol. The van der Waals surface area contributed by atoms with E-state index in [1.54, 1.807) is 60.7 Å². The largest absolute Gasteiger partial charge is 0.495 e. The fraction of sp³-hybridized carbons (Fsp3) is 0.133. The Hall–Kier alpha value is -4.63. The van der Waals surface area contributed by atoms with E-state index in [0.717, 1.165) is 15.4 Å². The number of rotatable bonds is 10. The molecule has 4 aromatic rings. The molecule has 4 aromatic carbocycles. The summed E-state index contributed by atoms with van der Waals surface area (Å²) in [6.07, 6.45) is 0. The van der Waals surface area contributed by atoms with Crippen LogP contribution in [0, 0.1) is 6.92 Å². The molecule has 8 nitrogen and oxygen atoms in total. The number of ether oxygens (including phenoxy) is 1. The third-order valence-electron chi connectivity index (χ3n) is 5.99. The molecule has 0 saturated heterocycles. The zero-order valence-electron chi connectivity index (χ0n) is 21.6. The highest BCUT2D eigenvalue weighted by atomic mass is 32.2. The number of anilines is 2. The maximum absolute atomic E-state index is 13.7. The van der Waals surface area contributed by atoms with E-state index in [4.69, 9.17) is 4.74 Å². The van der Waals surface area contributed by atoms with Gasteiger partial charge in [0.05, 0.1) is 28.9 Å². The number of hydrogen-bond donors (Lipinski definition) is 2. The van der Waals surface area contributed by atoms with Crippen molar-refractivity contribution in [1.29, 1.82) is 0 Å². The number of benzene rings is 4. The van der Waals surface area contributed by atoms with Gasteiger partial charge in [0, 0.05) is 6.54 Å². The van der Waals surface area contributed by atoms with E-state index in [-0.39, 0.29) is 27.7 Å². The first kappa shape index (κ1) is 27.4. The molecule has 0 aliphatic heterocycles. The van der Waals surface area contributed by atoms with Gasteiger partial charge in [-0.25, -0.2) is 8.42 Å². The van der Waals surface area contributed by atoms with Crippen molar-refractivity contribution in [3.8, 4) is 5.75 Å². The van der Waals surface area contributed by atoms with Crippen molar-refractivity contribution < 1.29 is 22.7 Å². The Bertz CT molecular complexity index is 1560. The molecule has 0 aliphatic carbocycles. The fourth-order valence-electron chi connectivity index (χ4n) is 3.96. The van der Waals surface area contributed by atoms with Crippen molar-refractivity contribution in [3.05, 3.63) is 120 Å². The van der Waals surface area contributed by atoms with Crippen LogP contribution in [0.2, 0.25) is 0 Å². The number of carbonyl (C=O) groups excluding carboxylic acids is 2. The summed E-state index contributed by atoms with van der Waals surface area (Å²) < 4.78 is 33.8. The van der Waals surface area contributed by atoms with Crippen LogP contribution in [0.25, 0.3) is 0 Å². The van der Waals surface area contributed by atoms with E-state index < -0.39 is 22.5 Å². The molecule has 200 valence electrons. The molecule has 0 spiro atoms. The number of carbonyl (C=O) groups is 2. The first-order chi connectivity index (χ1) is 18.8. The maximum Gasteiger partial charge on any atom is 0.264 e. The van der Waals surface area contributed by atoms with Gasteiger partial charge >= 0.3 is 0 Å². The summed E-state index contributed by atoms with van der Waals surface area (Å²) in [7, 11) is -2.71. The van der Waals surface area contributed by atoms with E-state index >= 15 is 0 Å². The summed E-state index contributed by atoms with van der Waals surface area (Å²) in [5.41, 5.74) is 2.57. The minimum absolute atomic E-state index is 0.0347. The van der Waals surface area contributed by atoms with Crippen molar-refractivity contribution in [2.45, 2.75) is 18.4 Å². The normalized spacial score (nSPS) is 10.9. The summed E-state index contributed by atoms with van der Waals surface area (Å²) in [6, 6.07) is 29.0. The molecule has 9 heteroatoms. The number of methoxy groups -OCH3 is 1. The molecule has 0 saturated carbocycles. The van der Waals surface area contributed by atoms with Crippen LogP contribution in [0.4, 0.5) is 11.4 Å². The molecule has 0 aromatic heterocycles. The van der Waals surface area contributed by atoms with E-state index in [2.05, 4.69) is 10.6 Å². The summed E-state index contributed by atoms with van der Waals surface area (Å²) in [6.45, 7) is 1.63. The number of nitrogens with one attached hydrogen (secondary N) is 2. The van der Waals surface area contributed by atoms with E-state index in [1.807, 2.05) is 37.3 Å². The lowest BCUT2D eigenvalue weighted by atomic mass is 10.1. The van der Waals surface area contributed by atoms with Gasteiger partial charge in [0.2, 0.25) is 5.91 Å². The van der Waals surface area contributed by atoms with Crippen LogP contribution in [-0.4, -0.2) is 33.9 Å². The molecule has 0 unspecified atom stereocenters. The SMILES string of the molecule is COc1ccccc1N(CC(=O)Nc1ccccc1C(=O)NCc1ccccc1)S(=O)(=O)c1ccc(C)cc1. The van der Waals surface area contributed by atoms with Crippen LogP contribution in [0.5, 0.6) is 5.75 Å². The van der Waals surface area contributed by atoms with E-state index in [0.29, 0.717) is 12.3 Å². The molecular formula is C30H29N3O5S. The van der Waals surface area contributed by atoms with Gasteiger partial charge in [-0.2, -0.15) is 0 Å². The van der Waals surface area contributed by atoms with Crippen LogP contribution < -0.4 is 19.7 Å². The van der Waals surface area contributed by atoms with Gasteiger partial charge < -0.3 is 15.4 Å². The maximum atomic E-state index is 13.7. The van der Waals surface area contributed by atoms with Crippen LogP contribution >= 0.6 is 0 Å². The lowest BCUT2D eigenvalue weighted by Crippen LogP contribution is -2.38. The van der Waals surface area contributed by atoms with Gasteiger partial charge in [-0.05, 0) is 48.9 Å². The second-order valence-electron chi connectivity index (χ2n) is 8.76. The highest BCUT2D eigenvalue weighted by Gasteiger charge is 2.29. The van der Waals surface area contributed by atoms with Gasteiger partial charge in [-0.3, -0.25) is 13.9 Å². The second kappa shape index (κ2) is 12.3. The van der Waals surface area contributed by atoms with Crippen LogP contribution in [0.3, 0.4) is 0 Å². The first-order valence-electron chi connectivity index (χ1n) is 12.2.